The first-order valence-electron chi connectivity index (χ1n) is 9.97. The van der Waals surface area contributed by atoms with Gasteiger partial charge < -0.3 is 5.32 Å². The molecule has 1 unspecified atom stereocenters. The van der Waals surface area contributed by atoms with E-state index in [4.69, 9.17) is 4.52 Å². The van der Waals surface area contributed by atoms with E-state index >= 15 is 0 Å². The number of benzene rings is 2. The minimum Gasteiger partial charge on any atom is -0.326 e. The molecule has 2 aromatic carbocycles. The molecule has 1 fully saturated rings. The van der Waals surface area contributed by atoms with Gasteiger partial charge in [0.1, 0.15) is 0 Å². The van der Waals surface area contributed by atoms with Gasteiger partial charge in [-0.05, 0) is 41.3 Å². The van der Waals surface area contributed by atoms with E-state index < -0.39 is 11.7 Å². The predicted octanol–water partition coefficient (Wildman–Crippen LogP) is 0.967. The van der Waals surface area contributed by atoms with Gasteiger partial charge in [-0.25, -0.2) is 9.69 Å². The molecule has 3 aromatic rings. The standard InChI is InChI=1S/C22H21N5O5/c1-14(28)23-15-8-10-16(11-9-15)26-20(29)12-18(21(26)30)25(2)13-19-22(31)32-24-27(19)17-6-4-3-5-7-17/h3-11,18H,12-13H2,1-2H3,(H-,23,24,28,31)/p+1. The van der Waals surface area contributed by atoms with E-state index in [1.807, 2.05) is 30.3 Å². The number of nitrogens with zero attached hydrogens (tertiary/aromatic N) is 3. The van der Waals surface area contributed by atoms with Crippen LogP contribution in [-0.4, -0.2) is 41.0 Å². The summed E-state index contributed by atoms with van der Waals surface area (Å²) in [6, 6.07) is 14.9. The number of hydrogen-bond acceptors (Lipinski definition) is 6. The van der Waals surface area contributed by atoms with Crippen molar-refractivity contribution in [2.75, 3.05) is 17.3 Å². The molecule has 10 heteroatoms. The number of likely N-dealkylation sites (N-methyl/N-ethyl adjacent to an activating group) is 1. The lowest BCUT2D eigenvalue weighted by Crippen LogP contribution is -2.45. The number of H-pyrrole nitrogens is 1. The number of aromatic nitrogens is 2. The van der Waals surface area contributed by atoms with Crippen molar-refractivity contribution in [3.05, 3.63) is 70.7 Å². The second-order valence-electron chi connectivity index (χ2n) is 7.53. The monoisotopic (exact) mass is 436 g/mol. The number of amides is 3. The molecule has 1 atom stereocenters. The van der Waals surface area contributed by atoms with E-state index in [0.29, 0.717) is 22.8 Å². The SMILES string of the molecule is CC(=O)Nc1ccc(N2C(=O)CC(N(C)Cc3c(=O)o[nH][n+]3-c3ccccc3)C2=O)cc1. The zero-order valence-corrected chi connectivity index (χ0v) is 17.6. The van der Waals surface area contributed by atoms with Gasteiger partial charge in [0.2, 0.25) is 17.5 Å². The van der Waals surface area contributed by atoms with Crippen molar-refractivity contribution in [1.29, 1.82) is 0 Å². The minimum absolute atomic E-state index is 0.0100. The van der Waals surface area contributed by atoms with E-state index in [9.17, 15) is 19.2 Å². The van der Waals surface area contributed by atoms with Crippen LogP contribution in [0.2, 0.25) is 0 Å². The molecule has 0 aliphatic carbocycles. The third-order valence-corrected chi connectivity index (χ3v) is 5.25. The van der Waals surface area contributed by atoms with Gasteiger partial charge in [-0.2, -0.15) is 0 Å². The normalized spacial score (nSPS) is 16.1. The van der Waals surface area contributed by atoms with Crippen LogP contribution in [0, 0.1) is 0 Å². The number of carbonyl (C=O) groups excluding carboxylic acids is 3. The van der Waals surface area contributed by atoms with Crippen molar-refractivity contribution in [2.24, 2.45) is 0 Å². The molecule has 0 spiro atoms. The number of hydrogen-bond donors (Lipinski definition) is 2. The molecule has 32 heavy (non-hydrogen) atoms. The molecular formula is C22H22N5O5+. The Labute approximate surface area is 183 Å². The summed E-state index contributed by atoms with van der Waals surface area (Å²) in [6.45, 7) is 1.49. The number of imide groups is 1. The van der Waals surface area contributed by atoms with Crippen LogP contribution in [-0.2, 0) is 20.9 Å². The van der Waals surface area contributed by atoms with E-state index in [-0.39, 0.29) is 30.7 Å². The molecule has 10 nitrogen and oxygen atoms in total. The Bertz CT molecular complexity index is 1220. The number of para-hydroxylation sites is 1. The van der Waals surface area contributed by atoms with E-state index in [1.165, 1.54) is 11.6 Å². The highest BCUT2D eigenvalue weighted by molar-refractivity contribution is 6.22. The van der Waals surface area contributed by atoms with Crippen molar-refractivity contribution in [3.8, 4) is 5.69 Å². The van der Waals surface area contributed by atoms with Gasteiger partial charge in [-0.15, -0.1) is 0 Å². The topological polar surface area (TPSA) is 120 Å². The number of aromatic amines is 1. The first kappa shape index (κ1) is 21.2. The van der Waals surface area contributed by atoms with Crippen LogP contribution in [0.5, 0.6) is 0 Å². The summed E-state index contributed by atoms with van der Waals surface area (Å²) in [5, 5.41) is 5.21. The summed E-state index contributed by atoms with van der Waals surface area (Å²) in [6.07, 6.45) is -0.0100. The average Bonchev–Trinajstić information content (AvgIpc) is 3.28. The Hall–Kier alpha value is -4.05. The fourth-order valence-electron chi connectivity index (χ4n) is 3.69. The Balaban J connectivity index is 1.53. The first-order chi connectivity index (χ1) is 15.3. The molecule has 0 bridgehead atoms. The largest absolute Gasteiger partial charge is 0.431 e. The van der Waals surface area contributed by atoms with Gasteiger partial charge in [0.05, 0.1) is 24.7 Å². The summed E-state index contributed by atoms with van der Waals surface area (Å²) >= 11 is 0. The fraction of sp³-hybridized carbons (Fsp3) is 0.227. The molecule has 1 saturated heterocycles. The number of nitrogens with one attached hydrogen (secondary N) is 2. The molecule has 0 radical (unpaired) electrons. The second kappa shape index (κ2) is 8.60. The van der Waals surface area contributed by atoms with Crippen LogP contribution in [0.15, 0.2) is 63.9 Å². The molecule has 1 aliphatic heterocycles. The molecule has 2 heterocycles. The molecular weight excluding hydrogens is 414 g/mol. The third-order valence-electron chi connectivity index (χ3n) is 5.25. The third kappa shape index (κ3) is 4.08. The highest BCUT2D eigenvalue weighted by Crippen LogP contribution is 2.26. The van der Waals surface area contributed by atoms with Crippen LogP contribution in [0.3, 0.4) is 0 Å². The minimum atomic E-state index is -0.726. The Morgan fingerprint density at radius 2 is 1.84 bits per heavy atom. The van der Waals surface area contributed by atoms with Gasteiger partial charge in [0, 0.05) is 24.7 Å². The van der Waals surface area contributed by atoms with Crippen LogP contribution in [0.4, 0.5) is 11.4 Å². The lowest BCUT2D eigenvalue weighted by molar-refractivity contribution is -0.678. The zero-order chi connectivity index (χ0) is 22.8. The zero-order valence-electron chi connectivity index (χ0n) is 17.6. The molecule has 0 saturated carbocycles. The van der Waals surface area contributed by atoms with Gasteiger partial charge in [-0.3, -0.25) is 23.8 Å². The molecule has 1 aromatic heterocycles. The quantitative estimate of drug-likeness (QED) is 0.439. The second-order valence-corrected chi connectivity index (χ2v) is 7.53. The fourth-order valence-corrected chi connectivity index (χ4v) is 3.69. The maximum atomic E-state index is 13.1. The van der Waals surface area contributed by atoms with Gasteiger partial charge in [0.15, 0.2) is 0 Å². The van der Waals surface area contributed by atoms with Crippen molar-refractivity contribution < 1.29 is 23.6 Å². The van der Waals surface area contributed by atoms with Crippen LogP contribution in [0.1, 0.15) is 19.0 Å². The molecule has 2 N–H and O–H groups in total. The summed E-state index contributed by atoms with van der Waals surface area (Å²) in [7, 11) is 1.68. The maximum absolute atomic E-state index is 13.1. The van der Waals surface area contributed by atoms with E-state index in [1.54, 1.807) is 36.2 Å². The maximum Gasteiger partial charge on any atom is 0.431 e. The van der Waals surface area contributed by atoms with Crippen LogP contribution < -0.4 is 20.5 Å². The summed E-state index contributed by atoms with van der Waals surface area (Å²) in [5.41, 5.74) is 1.44. The Morgan fingerprint density at radius 1 is 1.16 bits per heavy atom. The number of anilines is 2. The summed E-state index contributed by atoms with van der Waals surface area (Å²) < 4.78 is 6.47. The molecule has 1 aliphatic rings. The van der Waals surface area contributed by atoms with Gasteiger partial charge >= 0.3 is 11.3 Å². The Morgan fingerprint density at radius 3 is 2.50 bits per heavy atom. The lowest BCUT2D eigenvalue weighted by atomic mass is 10.2. The van der Waals surface area contributed by atoms with E-state index in [0.717, 1.165) is 4.90 Å². The van der Waals surface area contributed by atoms with Crippen molar-refractivity contribution in [1.82, 2.24) is 10.2 Å². The summed E-state index contributed by atoms with van der Waals surface area (Å²) in [5.74, 6) is -0.929. The number of carbonyl (C=O) groups is 3. The molecule has 3 amide bonds. The molecule has 164 valence electrons. The predicted molar refractivity (Wildman–Crippen MR) is 114 cm³/mol. The smallest absolute Gasteiger partial charge is 0.326 e. The van der Waals surface area contributed by atoms with Crippen LogP contribution in [0.25, 0.3) is 5.69 Å². The van der Waals surface area contributed by atoms with Crippen molar-refractivity contribution in [2.45, 2.75) is 25.9 Å². The Kier molecular flexibility index (Phi) is 5.69. The van der Waals surface area contributed by atoms with E-state index in [2.05, 4.69) is 10.6 Å². The highest BCUT2D eigenvalue weighted by Gasteiger charge is 2.43. The van der Waals surface area contributed by atoms with Gasteiger partial charge in [0.25, 0.3) is 5.91 Å². The first-order valence-corrected chi connectivity index (χ1v) is 9.97. The summed E-state index contributed by atoms with van der Waals surface area (Å²) in [4.78, 5) is 51.9. The lowest BCUT2D eigenvalue weighted by Gasteiger charge is -2.21. The van der Waals surface area contributed by atoms with Crippen molar-refractivity contribution >= 4 is 29.1 Å². The van der Waals surface area contributed by atoms with Crippen LogP contribution >= 0.6 is 0 Å². The highest BCUT2D eigenvalue weighted by atomic mass is 16.5. The molecule has 4 rings (SSSR count). The van der Waals surface area contributed by atoms with Gasteiger partial charge in [-0.1, -0.05) is 18.2 Å². The number of rotatable bonds is 6. The van der Waals surface area contributed by atoms with Crippen molar-refractivity contribution in [3.63, 3.8) is 0 Å². The average molecular weight is 436 g/mol.